The normalized spacial score (nSPS) is 29.5. The molecule has 3 rings (SSSR count). The predicted octanol–water partition coefficient (Wildman–Crippen LogP) is 5.85. The molecule has 2 aliphatic carbocycles. The minimum absolute atomic E-state index is 0.197. The Kier molecular flexibility index (Phi) is 14.4. The first-order valence-corrected chi connectivity index (χ1v) is 16.6. The van der Waals surface area contributed by atoms with Gasteiger partial charge in [0.1, 0.15) is 0 Å². The van der Waals surface area contributed by atoms with Crippen LogP contribution < -0.4 is 5.32 Å². The van der Waals surface area contributed by atoms with Crippen molar-refractivity contribution in [3.63, 3.8) is 0 Å². The molecule has 7 nitrogen and oxygen atoms in total. The quantitative estimate of drug-likeness (QED) is 0.0857. The highest BCUT2D eigenvalue weighted by Crippen LogP contribution is 2.44. The van der Waals surface area contributed by atoms with Crippen LogP contribution in [0.15, 0.2) is 30.6 Å². The lowest BCUT2D eigenvalue weighted by atomic mass is 9.81. The number of unbranched alkanes of at least 4 members (excludes halogenated alkanes) is 4. The first-order chi connectivity index (χ1) is 19.7. The number of aromatic nitrogens is 1. The van der Waals surface area contributed by atoms with Crippen molar-refractivity contribution in [3.05, 3.63) is 36.2 Å². The van der Waals surface area contributed by atoms with Gasteiger partial charge in [-0.3, -0.25) is 4.79 Å². The summed E-state index contributed by atoms with van der Waals surface area (Å²) in [6.45, 7) is 6.06. The van der Waals surface area contributed by atoms with Gasteiger partial charge >= 0.3 is 5.97 Å². The van der Waals surface area contributed by atoms with Gasteiger partial charge in [0, 0.05) is 18.3 Å². The lowest BCUT2D eigenvalue weighted by molar-refractivity contribution is -0.146. The number of H-pyrrole nitrogens is 1. The monoisotopic (exact) mass is 574 g/mol. The maximum atomic E-state index is 12.0. The molecule has 8 atom stereocenters. The van der Waals surface area contributed by atoms with Crippen molar-refractivity contribution >= 4 is 5.97 Å². The summed E-state index contributed by atoms with van der Waals surface area (Å²) in [6.07, 6.45) is 19.9. The van der Waals surface area contributed by atoms with Crippen LogP contribution in [0.1, 0.15) is 109 Å². The van der Waals surface area contributed by atoms with Gasteiger partial charge < -0.3 is 30.7 Å². The van der Waals surface area contributed by atoms with E-state index >= 15 is 0 Å². The highest BCUT2D eigenvalue weighted by atomic mass is 16.4. The van der Waals surface area contributed by atoms with Crippen LogP contribution in [-0.2, 0) is 11.2 Å². The molecule has 0 spiro atoms. The second-order valence-electron chi connectivity index (χ2n) is 13.2. The molecule has 0 unspecified atom stereocenters. The minimum Gasteiger partial charge on any atom is -0.481 e. The molecule has 0 radical (unpaired) electrons. The number of nitrogens with one attached hydrogen (secondary N) is 2. The molecule has 1 aromatic rings. The summed E-state index contributed by atoms with van der Waals surface area (Å²) in [5.74, 6) is -0.360. The van der Waals surface area contributed by atoms with Gasteiger partial charge in [-0.15, -0.1) is 0 Å². The molecule has 1 saturated carbocycles. The third-order valence-corrected chi connectivity index (χ3v) is 9.85. The number of allylic oxidation sites excluding steroid dienone is 1. The number of aliphatic hydroxyl groups excluding tert-OH is 2. The zero-order valence-electron chi connectivity index (χ0n) is 25.6. The number of rotatable bonds is 20. The minimum atomic E-state index is -0.958. The summed E-state index contributed by atoms with van der Waals surface area (Å²) in [5.41, 5.74) is 0.376. The van der Waals surface area contributed by atoms with Crippen molar-refractivity contribution in [1.29, 1.82) is 0 Å². The Morgan fingerprint density at radius 2 is 1.85 bits per heavy atom. The van der Waals surface area contributed by atoms with E-state index in [1.165, 1.54) is 24.8 Å². The molecule has 0 saturated heterocycles. The summed E-state index contributed by atoms with van der Waals surface area (Å²) >= 11 is 0. The van der Waals surface area contributed by atoms with Crippen LogP contribution in [0.2, 0.25) is 0 Å². The van der Waals surface area contributed by atoms with Gasteiger partial charge in [0.25, 0.3) is 0 Å². The van der Waals surface area contributed by atoms with Crippen molar-refractivity contribution in [2.24, 2.45) is 29.6 Å². The standard InChI is InChI=1S/C34H58N2O5/c1-3-5-7-10-25-13-14-27(32(38)20-25)11-8-6-9-12-30(33(39)40)31(37)15-17-34(41)21-28(19-26-16-18-36-23-26)29(22-34)24-35-4-2/h13-14,16,18,23,25,27-32,35-38,41H,3-12,15,17,19-22,24H2,1-2H3,(H,39,40)/t25-,27-,28-,29+,30+,31-,32-,34-/m1/s1. The summed E-state index contributed by atoms with van der Waals surface area (Å²) in [4.78, 5) is 15.1. The number of aliphatic hydroxyl groups is 3. The highest BCUT2D eigenvalue weighted by molar-refractivity contribution is 5.70. The van der Waals surface area contributed by atoms with E-state index in [1.807, 2.05) is 12.4 Å². The topological polar surface area (TPSA) is 126 Å². The van der Waals surface area contributed by atoms with Gasteiger partial charge in [0.2, 0.25) is 0 Å². The van der Waals surface area contributed by atoms with Crippen molar-refractivity contribution in [3.8, 4) is 0 Å². The van der Waals surface area contributed by atoms with Crippen LogP contribution in [-0.4, -0.2) is 62.3 Å². The van der Waals surface area contributed by atoms with Crippen LogP contribution in [0.3, 0.4) is 0 Å². The Balaban J connectivity index is 1.40. The molecule has 0 aliphatic heterocycles. The van der Waals surface area contributed by atoms with E-state index in [2.05, 4.69) is 42.4 Å². The summed E-state index contributed by atoms with van der Waals surface area (Å²) in [7, 11) is 0. The van der Waals surface area contributed by atoms with Crippen LogP contribution in [0, 0.1) is 29.6 Å². The van der Waals surface area contributed by atoms with E-state index in [1.54, 1.807) is 0 Å². The molecule has 0 amide bonds. The smallest absolute Gasteiger partial charge is 0.309 e. The number of carboxylic acids is 1. The van der Waals surface area contributed by atoms with Crippen LogP contribution in [0.4, 0.5) is 0 Å². The predicted molar refractivity (Wildman–Crippen MR) is 165 cm³/mol. The van der Waals surface area contributed by atoms with Gasteiger partial charge in [0.05, 0.1) is 23.7 Å². The van der Waals surface area contributed by atoms with Crippen molar-refractivity contribution < 1.29 is 25.2 Å². The van der Waals surface area contributed by atoms with E-state index in [0.717, 1.165) is 58.0 Å². The molecule has 1 heterocycles. The van der Waals surface area contributed by atoms with E-state index in [-0.39, 0.29) is 12.0 Å². The first-order valence-electron chi connectivity index (χ1n) is 16.6. The number of hydrogen-bond acceptors (Lipinski definition) is 5. The van der Waals surface area contributed by atoms with E-state index in [4.69, 9.17) is 0 Å². The zero-order chi connectivity index (χ0) is 29.7. The highest BCUT2D eigenvalue weighted by Gasteiger charge is 2.44. The molecule has 6 N–H and O–H groups in total. The average molecular weight is 575 g/mol. The molecule has 234 valence electrons. The van der Waals surface area contributed by atoms with Gasteiger partial charge in [-0.05, 0) is 100 Å². The fourth-order valence-corrected chi connectivity index (χ4v) is 7.36. The number of aromatic amines is 1. The van der Waals surface area contributed by atoms with E-state index in [0.29, 0.717) is 49.9 Å². The van der Waals surface area contributed by atoms with Crippen molar-refractivity contribution in [2.75, 3.05) is 13.1 Å². The van der Waals surface area contributed by atoms with Gasteiger partial charge in [-0.1, -0.05) is 64.5 Å². The average Bonchev–Trinajstić information content (AvgIpc) is 3.56. The molecule has 7 heteroatoms. The maximum Gasteiger partial charge on any atom is 0.309 e. The fraction of sp³-hybridized carbons (Fsp3) is 0.794. The summed E-state index contributed by atoms with van der Waals surface area (Å²) in [6, 6.07) is 2.09. The summed E-state index contributed by atoms with van der Waals surface area (Å²) < 4.78 is 0. The van der Waals surface area contributed by atoms with Crippen molar-refractivity contribution in [1.82, 2.24) is 10.3 Å². The Morgan fingerprint density at radius 3 is 2.54 bits per heavy atom. The third kappa shape index (κ3) is 11.2. The molecule has 1 fully saturated rings. The molecular formula is C34H58N2O5. The maximum absolute atomic E-state index is 12.0. The fourth-order valence-electron chi connectivity index (χ4n) is 7.36. The van der Waals surface area contributed by atoms with Crippen LogP contribution in [0.5, 0.6) is 0 Å². The molecule has 41 heavy (non-hydrogen) atoms. The van der Waals surface area contributed by atoms with E-state index in [9.17, 15) is 25.2 Å². The first kappa shape index (κ1) is 33.8. The Hall–Kier alpha value is -1.67. The molecule has 0 aromatic carbocycles. The number of carboxylic acid groups (broad SMARTS) is 1. The second kappa shape index (κ2) is 17.4. The number of hydrogen-bond donors (Lipinski definition) is 6. The van der Waals surface area contributed by atoms with E-state index < -0.39 is 23.6 Å². The molecule has 1 aromatic heterocycles. The lowest BCUT2D eigenvalue weighted by Gasteiger charge is -2.28. The molecular weight excluding hydrogens is 516 g/mol. The Bertz CT molecular complexity index is 890. The molecule has 2 aliphatic rings. The Morgan fingerprint density at radius 1 is 1.07 bits per heavy atom. The van der Waals surface area contributed by atoms with Gasteiger partial charge in [0.15, 0.2) is 0 Å². The second-order valence-corrected chi connectivity index (χ2v) is 13.2. The zero-order valence-corrected chi connectivity index (χ0v) is 25.6. The third-order valence-electron chi connectivity index (χ3n) is 9.85. The van der Waals surface area contributed by atoms with Crippen LogP contribution in [0.25, 0.3) is 0 Å². The van der Waals surface area contributed by atoms with Crippen molar-refractivity contribution in [2.45, 2.75) is 128 Å². The Labute approximate surface area is 248 Å². The lowest BCUT2D eigenvalue weighted by Crippen LogP contribution is -2.33. The number of carbonyl (C=O) groups is 1. The van der Waals surface area contributed by atoms with Gasteiger partial charge in [-0.2, -0.15) is 0 Å². The SMILES string of the molecule is CCCCC[C@@H]1C=C[C@@H](CCCCC[C@H](C(=O)O)[C@H](O)CC[C@]2(O)C[C@@H](CNCC)[C@H](Cc3cc[nH]c3)C2)[C@H](O)C1. The largest absolute Gasteiger partial charge is 0.481 e. The van der Waals surface area contributed by atoms with Crippen LogP contribution >= 0.6 is 0 Å². The molecule has 0 bridgehead atoms. The number of aliphatic carboxylic acids is 1. The summed E-state index contributed by atoms with van der Waals surface area (Å²) in [5, 5.41) is 46.2. The van der Waals surface area contributed by atoms with Gasteiger partial charge in [-0.25, -0.2) is 0 Å².